The van der Waals surface area contributed by atoms with E-state index in [1.165, 1.54) is 10.4 Å². The Morgan fingerprint density at radius 2 is 2.00 bits per heavy atom. The molecule has 0 bridgehead atoms. The van der Waals surface area contributed by atoms with E-state index in [1.807, 2.05) is 30.3 Å². The van der Waals surface area contributed by atoms with Crippen molar-refractivity contribution in [1.29, 1.82) is 0 Å². The first kappa shape index (κ1) is 12.3. The van der Waals surface area contributed by atoms with Crippen LogP contribution in [0.2, 0.25) is 0 Å². The monoisotopic (exact) mass is 248 g/mol. The Morgan fingerprint density at radius 1 is 1.24 bits per heavy atom. The van der Waals surface area contributed by atoms with Crippen molar-refractivity contribution in [2.24, 2.45) is 0 Å². The standard InChI is InChI=1S/C14H17NOS/c1-11-7-8-17-14(11)10-15-9-13(16)12-5-3-2-4-6-12/h2-8,13,15-16H,9-10H2,1H3/p+1/t13-/m0/s1. The highest BCUT2D eigenvalue weighted by molar-refractivity contribution is 7.10. The molecule has 0 fully saturated rings. The van der Waals surface area contributed by atoms with Gasteiger partial charge >= 0.3 is 0 Å². The Morgan fingerprint density at radius 3 is 2.65 bits per heavy atom. The zero-order valence-corrected chi connectivity index (χ0v) is 10.8. The fraction of sp³-hybridized carbons (Fsp3) is 0.286. The van der Waals surface area contributed by atoms with Crippen LogP contribution in [0.1, 0.15) is 22.1 Å². The third-order valence-electron chi connectivity index (χ3n) is 2.87. The highest BCUT2D eigenvalue weighted by Crippen LogP contribution is 2.14. The summed E-state index contributed by atoms with van der Waals surface area (Å²) >= 11 is 1.78. The van der Waals surface area contributed by atoms with Gasteiger partial charge in [-0.1, -0.05) is 30.3 Å². The number of aryl methyl sites for hydroxylation is 1. The fourth-order valence-electron chi connectivity index (χ4n) is 1.80. The Hall–Kier alpha value is -1.16. The maximum absolute atomic E-state index is 9.99. The van der Waals surface area contributed by atoms with E-state index in [9.17, 15) is 5.11 Å². The van der Waals surface area contributed by atoms with E-state index < -0.39 is 0 Å². The molecular formula is C14H18NOS+. The summed E-state index contributed by atoms with van der Waals surface area (Å²) < 4.78 is 0. The lowest BCUT2D eigenvalue weighted by Gasteiger charge is -2.09. The predicted molar refractivity (Wildman–Crippen MR) is 71.0 cm³/mol. The highest BCUT2D eigenvalue weighted by atomic mass is 32.1. The van der Waals surface area contributed by atoms with Gasteiger partial charge in [0.1, 0.15) is 19.2 Å². The molecule has 0 saturated heterocycles. The number of aliphatic hydroxyl groups excluding tert-OH is 1. The van der Waals surface area contributed by atoms with Crippen molar-refractivity contribution in [1.82, 2.24) is 0 Å². The second-order valence-electron chi connectivity index (χ2n) is 4.18. The summed E-state index contributed by atoms with van der Waals surface area (Å²) in [5.41, 5.74) is 2.34. The van der Waals surface area contributed by atoms with Gasteiger partial charge in [0.15, 0.2) is 0 Å². The molecule has 1 aromatic heterocycles. The van der Waals surface area contributed by atoms with E-state index in [0.717, 1.165) is 12.1 Å². The van der Waals surface area contributed by atoms with Gasteiger partial charge in [-0.15, -0.1) is 11.3 Å². The van der Waals surface area contributed by atoms with Crippen molar-refractivity contribution in [2.45, 2.75) is 19.6 Å². The predicted octanol–water partition coefficient (Wildman–Crippen LogP) is 1.85. The number of quaternary nitrogens is 1. The Labute approximate surface area is 106 Å². The SMILES string of the molecule is Cc1ccsc1C[NH2+]C[C@H](O)c1ccccc1. The third-order valence-corrected chi connectivity index (χ3v) is 3.92. The molecule has 90 valence electrons. The first-order chi connectivity index (χ1) is 8.27. The minimum Gasteiger partial charge on any atom is -0.382 e. The van der Waals surface area contributed by atoms with Crippen LogP contribution in [0.4, 0.5) is 0 Å². The quantitative estimate of drug-likeness (QED) is 0.832. The van der Waals surface area contributed by atoms with Gasteiger partial charge in [0, 0.05) is 0 Å². The first-order valence-electron chi connectivity index (χ1n) is 5.85. The van der Waals surface area contributed by atoms with Crippen LogP contribution in [0.5, 0.6) is 0 Å². The number of benzene rings is 1. The number of hydrogen-bond acceptors (Lipinski definition) is 2. The molecule has 0 unspecified atom stereocenters. The number of rotatable bonds is 5. The van der Waals surface area contributed by atoms with Crippen LogP contribution in [0.15, 0.2) is 41.8 Å². The molecule has 0 amide bonds. The van der Waals surface area contributed by atoms with Crippen molar-refractivity contribution in [2.75, 3.05) is 6.54 Å². The summed E-state index contributed by atoms with van der Waals surface area (Å²) in [5.74, 6) is 0. The lowest BCUT2D eigenvalue weighted by molar-refractivity contribution is -0.677. The fourth-order valence-corrected chi connectivity index (χ4v) is 2.70. The zero-order valence-electron chi connectivity index (χ0n) is 9.97. The molecule has 0 radical (unpaired) electrons. The Balaban J connectivity index is 1.81. The van der Waals surface area contributed by atoms with Crippen molar-refractivity contribution < 1.29 is 10.4 Å². The molecule has 1 aromatic carbocycles. The van der Waals surface area contributed by atoms with Gasteiger partial charge in [0.2, 0.25) is 0 Å². The van der Waals surface area contributed by atoms with E-state index >= 15 is 0 Å². The molecule has 0 spiro atoms. The molecule has 3 N–H and O–H groups in total. The van der Waals surface area contributed by atoms with Gasteiger partial charge in [-0.2, -0.15) is 0 Å². The summed E-state index contributed by atoms with van der Waals surface area (Å²) in [5, 5.41) is 14.3. The van der Waals surface area contributed by atoms with Crippen LogP contribution in [-0.2, 0) is 6.54 Å². The van der Waals surface area contributed by atoms with Gasteiger partial charge in [0.05, 0.1) is 4.88 Å². The van der Waals surface area contributed by atoms with Crippen molar-refractivity contribution >= 4 is 11.3 Å². The third kappa shape index (κ3) is 3.40. The summed E-state index contributed by atoms with van der Waals surface area (Å²) in [7, 11) is 0. The topological polar surface area (TPSA) is 36.8 Å². The smallest absolute Gasteiger partial charge is 0.128 e. The second-order valence-corrected chi connectivity index (χ2v) is 5.18. The molecule has 0 aliphatic carbocycles. The number of nitrogens with two attached hydrogens (primary N) is 1. The number of thiophene rings is 1. The van der Waals surface area contributed by atoms with Gasteiger partial charge < -0.3 is 10.4 Å². The maximum Gasteiger partial charge on any atom is 0.128 e. The molecule has 3 heteroatoms. The van der Waals surface area contributed by atoms with Crippen LogP contribution in [0.3, 0.4) is 0 Å². The van der Waals surface area contributed by atoms with E-state index in [2.05, 4.69) is 23.7 Å². The van der Waals surface area contributed by atoms with Gasteiger partial charge in [-0.3, -0.25) is 0 Å². The molecule has 2 rings (SSSR count). The maximum atomic E-state index is 9.99. The number of aliphatic hydroxyl groups is 1. The van der Waals surface area contributed by atoms with Crippen LogP contribution >= 0.6 is 11.3 Å². The summed E-state index contributed by atoms with van der Waals surface area (Å²) in [4.78, 5) is 1.39. The van der Waals surface area contributed by atoms with Gasteiger partial charge in [-0.25, -0.2) is 0 Å². The molecule has 1 heterocycles. The lowest BCUT2D eigenvalue weighted by atomic mass is 10.1. The van der Waals surface area contributed by atoms with Crippen LogP contribution in [-0.4, -0.2) is 11.7 Å². The summed E-state index contributed by atoms with van der Waals surface area (Å²) in [6.07, 6.45) is -0.378. The Kier molecular flexibility index (Phi) is 4.31. The molecule has 17 heavy (non-hydrogen) atoms. The normalized spacial score (nSPS) is 12.6. The average Bonchev–Trinajstić information content (AvgIpc) is 2.76. The van der Waals surface area contributed by atoms with Crippen molar-refractivity contribution in [3.8, 4) is 0 Å². The molecule has 1 atom stereocenters. The van der Waals surface area contributed by atoms with Crippen molar-refractivity contribution in [3.63, 3.8) is 0 Å². The molecule has 0 aliphatic heterocycles. The van der Waals surface area contributed by atoms with Gasteiger partial charge in [0.25, 0.3) is 0 Å². The zero-order chi connectivity index (χ0) is 12.1. The molecule has 2 nitrogen and oxygen atoms in total. The summed E-state index contributed by atoms with van der Waals surface area (Å²) in [6.45, 7) is 3.79. The van der Waals surface area contributed by atoms with Crippen molar-refractivity contribution in [3.05, 3.63) is 57.8 Å². The average molecular weight is 248 g/mol. The summed E-state index contributed by atoms with van der Waals surface area (Å²) in [6, 6.07) is 12.0. The van der Waals surface area contributed by atoms with E-state index in [-0.39, 0.29) is 6.10 Å². The number of hydrogen-bond donors (Lipinski definition) is 2. The first-order valence-corrected chi connectivity index (χ1v) is 6.73. The van der Waals surface area contributed by atoms with Gasteiger partial charge in [-0.05, 0) is 29.5 Å². The van der Waals surface area contributed by atoms with Crippen LogP contribution in [0, 0.1) is 6.92 Å². The minimum atomic E-state index is -0.378. The molecular weight excluding hydrogens is 230 g/mol. The van der Waals surface area contributed by atoms with Crippen LogP contribution in [0.25, 0.3) is 0 Å². The minimum absolute atomic E-state index is 0.378. The molecule has 0 aliphatic rings. The van der Waals surface area contributed by atoms with E-state index in [0.29, 0.717) is 6.54 Å². The van der Waals surface area contributed by atoms with E-state index in [1.54, 1.807) is 11.3 Å². The lowest BCUT2D eigenvalue weighted by Crippen LogP contribution is -2.83. The van der Waals surface area contributed by atoms with Crippen LogP contribution < -0.4 is 5.32 Å². The highest BCUT2D eigenvalue weighted by Gasteiger charge is 2.09. The Bertz CT molecular complexity index is 452. The molecule has 2 aromatic rings. The van der Waals surface area contributed by atoms with E-state index in [4.69, 9.17) is 0 Å². The second kappa shape index (κ2) is 5.96. The molecule has 0 saturated carbocycles. The largest absolute Gasteiger partial charge is 0.382 e.